The maximum absolute atomic E-state index is 2.38. The Hall–Kier alpha value is -14.3. The van der Waals surface area contributed by atoms with Crippen molar-refractivity contribution in [3.8, 4) is 22.3 Å². The molecular formula is C104H72N4. The lowest BCUT2D eigenvalue weighted by molar-refractivity contribution is 1.29. The summed E-state index contributed by atoms with van der Waals surface area (Å²) >= 11 is 0. The van der Waals surface area contributed by atoms with E-state index in [0.717, 1.165) is 68.2 Å². The molecule has 20 aromatic rings. The van der Waals surface area contributed by atoms with Crippen LogP contribution in [0.3, 0.4) is 0 Å². The van der Waals surface area contributed by atoms with Gasteiger partial charge in [0.1, 0.15) is 0 Å². The minimum atomic E-state index is 1.11. The lowest BCUT2D eigenvalue weighted by Gasteiger charge is -2.27. The van der Waals surface area contributed by atoms with Crippen LogP contribution in [-0.2, 0) is 0 Å². The molecule has 4 heteroatoms. The maximum atomic E-state index is 2.38. The Bertz CT molecular complexity index is 6250. The van der Waals surface area contributed by atoms with E-state index in [9.17, 15) is 0 Å². The monoisotopic (exact) mass is 1380 g/mol. The molecule has 0 spiro atoms. The molecule has 0 heterocycles. The van der Waals surface area contributed by atoms with Crippen LogP contribution < -0.4 is 19.6 Å². The van der Waals surface area contributed by atoms with Crippen LogP contribution in [-0.4, -0.2) is 0 Å². The standard InChI is InChI=1S/2C52H36N2/c1-5-13-43-33-49(29-21-37(43)9-1)53(50-30-22-38-10-2-6-14-44(38)34-50)47-25-17-41(18-26-47)42-19-27-48(28-20-42)54(51-31-23-39-11-3-7-15-45(39)35-51)52-32-24-40-12-4-8-16-46(40)36-52;1-4-14-43-34-48(31-24-37(43)10-1)53(49-32-25-38-11-2-5-15-44(38)35-49)46-27-20-40(21-28-46)41-22-29-47(30-23-41)54(50-33-26-39-12-3-6-16-45(39)36-50)52-19-9-17-42-13-7-8-18-51(42)52/h2*1-36H. The van der Waals surface area contributed by atoms with Crippen molar-refractivity contribution in [2.24, 2.45) is 0 Å². The van der Waals surface area contributed by atoms with Crippen LogP contribution in [0, 0.1) is 0 Å². The summed E-state index contributed by atoms with van der Waals surface area (Å²) in [5.74, 6) is 0. The highest BCUT2D eigenvalue weighted by molar-refractivity contribution is 6.02. The topological polar surface area (TPSA) is 13.0 Å². The third kappa shape index (κ3) is 12.8. The van der Waals surface area contributed by atoms with Crippen molar-refractivity contribution in [1.82, 2.24) is 0 Å². The molecule has 508 valence electrons. The molecule has 0 N–H and O–H groups in total. The molecule has 0 aliphatic carbocycles. The highest BCUT2D eigenvalue weighted by Crippen LogP contribution is 2.45. The van der Waals surface area contributed by atoms with Crippen LogP contribution >= 0.6 is 0 Å². The average Bonchev–Trinajstić information content (AvgIpc) is 0.787. The van der Waals surface area contributed by atoms with Crippen molar-refractivity contribution < 1.29 is 0 Å². The predicted molar refractivity (Wildman–Crippen MR) is 463 cm³/mol. The van der Waals surface area contributed by atoms with Gasteiger partial charge in [-0.25, -0.2) is 0 Å². The number of fused-ring (bicyclic) bond motifs is 8. The molecule has 20 aromatic carbocycles. The molecule has 20 rings (SSSR count). The molecule has 0 atom stereocenters. The minimum Gasteiger partial charge on any atom is -0.310 e. The van der Waals surface area contributed by atoms with Crippen LogP contribution in [0.15, 0.2) is 437 Å². The second-order valence-electron chi connectivity index (χ2n) is 27.7. The Morgan fingerprint density at radius 3 is 0.528 bits per heavy atom. The molecule has 0 aliphatic heterocycles. The van der Waals surface area contributed by atoms with E-state index in [2.05, 4.69) is 456 Å². The Balaban J connectivity index is 0.000000147. The van der Waals surface area contributed by atoms with Crippen LogP contribution in [0.1, 0.15) is 0 Å². The molecule has 0 aromatic heterocycles. The summed E-state index contributed by atoms with van der Waals surface area (Å²) in [7, 11) is 0. The SMILES string of the molecule is c1ccc2cc(N(c3ccc(-c4ccc(N(c5ccc6ccccc6c5)c5ccc6ccccc6c5)cc4)cc3)c3ccc4ccccc4c3)ccc2c1.c1ccc2cc(N(c3ccc(-c4ccc(N(c5ccc6ccccc6c5)c5cccc6ccccc56)cc4)cc3)c3ccc4ccccc4c3)ccc2c1. The highest BCUT2D eigenvalue weighted by atomic mass is 15.2. The summed E-state index contributed by atoms with van der Waals surface area (Å²) in [4.78, 5) is 9.46. The van der Waals surface area contributed by atoms with Gasteiger partial charge in [0.2, 0.25) is 0 Å². The van der Waals surface area contributed by atoms with E-state index < -0.39 is 0 Å². The predicted octanol–water partition coefficient (Wildman–Crippen LogP) is 29.8. The summed E-state index contributed by atoms with van der Waals surface area (Å²) in [6.07, 6.45) is 0. The fourth-order valence-electron chi connectivity index (χ4n) is 15.6. The molecule has 0 amide bonds. The molecule has 0 fully saturated rings. The van der Waals surface area contributed by atoms with Gasteiger partial charge in [0.25, 0.3) is 0 Å². The van der Waals surface area contributed by atoms with E-state index in [4.69, 9.17) is 0 Å². The molecule has 0 bridgehead atoms. The fraction of sp³-hybridized carbons (Fsp3) is 0. The van der Waals surface area contributed by atoms with Gasteiger partial charge in [-0.3, -0.25) is 0 Å². The molecule has 0 saturated carbocycles. The van der Waals surface area contributed by atoms with Crippen molar-refractivity contribution in [2.75, 3.05) is 19.6 Å². The van der Waals surface area contributed by atoms with Crippen LogP contribution in [0.2, 0.25) is 0 Å². The van der Waals surface area contributed by atoms with E-state index in [0.29, 0.717) is 0 Å². The van der Waals surface area contributed by atoms with Crippen molar-refractivity contribution in [1.29, 1.82) is 0 Å². The molecule has 4 nitrogen and oxygen atoms in total. The van der Waals surface area contributed by atoms with Gasteiger partial charge < -0.3 is 19.6 Å². The van der Waals surface area contributed by atoms with Gasteiger partial charge >= 0.3 is 0 Å². The third-order valence-electron chi connectivity index (χ3n) is 21.1. The number of benzene rings is 20. The zero-order chi connectivity index (χ0) is 71.7. The van der Waals surface area contributed by atoms with Gasteiger partial charge in [-0.1, -0.05) is 297 Å². The summed E-state index contributed by atoms with van der Waals surface area (Å²) < 4.78 is 0. The molecule has 0 radical (unpaired) electrons. The molecule has 0 saturated heterocycles. The first kappa shape index (κ1) is 64.5. The van der Waals surface area contributed by atoms with Gasteiger partial charge in [-0.15, -0.1) is 0 Å². The lowest BCUT2D eigenvalue weighted by atomic mass is 10.0. The largest absolute Gasteiger partial charge is 0.310 e. The second kappa shape index (κ2) is 28.4. The van der Waals surface area contributed by atoms with Gasteiger partial charge in [0, 0.05) is 67.9 Å². The Labute approximate surface area is 629 Å². The summed E-state index contributed by atoms with van der Waals surface area (Å²) in [6.45, 7) is 0. The van der Waals surface area contributed by atoms with Gasteiger partial charge in [-0.05, 0) is 243 Å². The summed E-state index contributed by atoms with van der Waals surface area (Å²) in [5.41, 5.74) is 18.2. The van der Waals surface area contributed by atoms with Crippen LogP contribution in [0.25, 0.3) is 108 Å². The molecular weight excluding hydrogens is 1310 g/mol. The van der Waals surface area contributed by atoms with E-state index in [1.54, 1.807) is 0 Å². The van der Waals surface area contributed by atoms with Crippen LogP contribution in [0.4, 0.5) is 68.2 Å². The average molecular weight is 1380 g/mol. The van der Waals surface area contributed by atoms with Crippen molar-refractivity contribution in [3.05, 3.63) is 437 Å². The van der Waals surface area contributed by atoms with Crippen LogP contribution in [0.5, 0.6) is 0 Å². The van der Waals surface area contributed by atoms with Crippen molar-refractivity contribution >= 4 is 154 Å². The maximum Gasteiger partial charge on any atom is 0.0540 e. The number of rotatable bonds is 14. The van der Waals surface area contributed by atoms with E-state index in [1.807, 2.05) is 0 Å². The third-order valence-corrected chi connectivity index (χ3v) is 21.1. The zero-order valence-electron chi connectivity index (χ0n) is 59.4. The normalized spacial score (nSPS) is 11.3. The Morgan fingerprint density at radius 2 is 0.287 bits per heavy atom. The highest BCUT2D eigenvalue weighted by Gasteiger charge is 2.21. The van der Waals surface area contributed by atoms with Gasteiger partial charge in [-0.2, -0.15) is 0 Å². The molecule has 0 aliphatic rings. The quantitative estimate of drug-likeness (QED) is 0.108. The zero-order valence-corrected chi connectivity index (χ0v) is 59.4. The number of nitrogens with zero attached hydrogens (tertiary/aromatic N) is 4. The summed E-state index contributed by atoms with van der Waals surface area (Å²) in [5, 5.41) is 19.6. The first-order chi connectivity index (χ1) is 53.5. The Kier molecular flexibility index (Phi) is 17.0. The smallest absolute Gasteiger partial charge is 0.0540 e. The first-order valence-electron chi connectivity index (χ1n) is 37.0. The number of anilines is 12. The van der Waals surface area contributed by atoms with Gasteiger partial charge in [0.15, 0.2) is 0 Å². The molecule has 108 heavy (non-hydrogen) atoms. The van der Waals surface area contributed by atoms with E-state index in [1.165, 1.54) is 108 Å². The van der Waals surface area contributed by atoms with Crippen molar-refractivity contribution in [3.63, 3.8) is 0 Å². The second-order valence-corrected chi connectivity index (χ2v) is 27.7. The lowest BCUT2D eigenvalue weighted by Crippen LogP contribution is -2.10. The Morgan fingerprint density at radius 1 is 0.111 bits per heavy atom. The van der Waals surface area contributed by atoms with Crippen molar-refractivity contribution in [2.45, 2.75) is 0 Å². The first-order valence-corrected chi connectivity index (χ1v) is 37.0. The number of hydrogen-bond acceptors (Lipinski definition) is 4. The minimum absolute atomic E-state index is 1.11. The van der Waals surface area contributed by atoms with E-state index >= 15 is 0 Å². The summed E-state index contributed by atoms with van der Waals surface area (Å²) in [6, 6.07) is 158. The van der Waals surface area contributed by atoms with Gasteiger partial charge in [0.05, 0.1) is 5.69 Å². The fourth-order valence-corrected chi connectivity index (χ4v) is 15.6. The number of hydrogen-bond donors (Lipinski definition) is 0. The molecule has 0 unspecified atom stereocenters. The van der Waals surface area contributed by atoms with E-state index in [-0.39, 0.29) is 0 Å².